The normalized spacial score (nSPS) is 13.0. The Hall–Kier alpha value is -3.43. The highest BCUT2D eigenvalue weighted by atomic mass is 19.4. The molecule has 0 saturated carbocycles. The number of fused-ring (bicyclic) bond motifs is 1. The van der Waals surface area contributed by atoms with Crippen molar-refractivity contribution in [3.05, 3.63) is 77.2 Å². The van der Waals surface area contributed by atoms with Gasteiger partial charge in [0.2, 0.25) is 0 Å². The van der Waals surface area contributed by atoms with Crippen LogP contribution in [0.1, 0.15) is 43.0 Å². The van der Waals surface area contributed by atoms with Crippen molar-refractivity contribution in [1.29, 1.82) is 0 Å². The van der Waals surface area contributed by atoms with Gasteiger partial charge in [0.05, 0.1) is 22.9 Å². The number of carbonyl (C=O) groups excluding carboxylic acids is 1. The Bertz CT molecular complexity index is 1240. The summed E-state index contributed by atoms with van der Waals surface area (Å²) in [6.45, 7) is 7.26. The maximum Gasteiger partial charge on any atom is 0.416 e. The topological polar surface area (TPSA) is 43.3 Å². The van der Waals surface area contributed by atoms with E-state index in [0.29, 0.717) is 29.6 Å². The smallest absolute Gasteiger partial charge is 0.416 e. The summed E-state index contributed by atoms with van der Waals surface area (Å²) >= 11 is 0. The van der Waals surface area contributed by atoms with Gasteiger partial charge in [-0.2, -0.15) is 26.3 Å². The predicted octanol–water partition coefficient (Wildman–Crippen LogP) is 7.94. The van der Waals surface area contributed by atoms with Crippen molar-refractivity contribution in [3.63, 3.8) is 0 Å². The van der Waals surface area contributed by atoms with E-state index in [0.717, 1.165) is 10.9 Å². The van der Waals surface area contributed by atoms with E-state index < -0.39 is 40.8 Å². The summed E-state index contributed by atoms with van der Waals surface area (Å²) in [7, 11) is 0. The molecule has 1 amide bonds. The number of nitrogens with one attached hydrogen (secondary N) is 1. The highest BCUT2D eigenvalue weighted by molar-refractivity contribution is 6.01. The van der Waals surface area contributed by atoms with Gasteiger partial charge in [-0.3, -0.25) is 4.57 Å². The zero-order chi connectivity index (χ0) is 26.2. The second-order valence-corrected chi connectivity index (χ2v) is 8.74. The molecule has 3 aromatic rings. The molecule has 0 fully saturated rings. The van der Waals surface area contributed by atoms with E-state index in [1.807, 2.05) is 13.8 Å². The van der Waals surface area contributed by atoms with E-state index in [9.17, 15) is 31.1 Å². The number of allylic oxidation sites excluding steroid dienone is 1. The summed E-state index contributed by atoms with van der Waals surface area (Å²) in [5.41, 5.74) is -2.37. The third-order valence-electron chi connectivity index (χ3n) is 5.31. The summed E-state index contributed by atoms with van der Waals surface area (Å²) in [6, 6.07) is 5.40. The monoisotopic (exact) mass is 498 g/mol. The molecule has 0 aliphatic carbocycles. The van der Waals surface area contributed by atoms with Crippen LogP contribution in [0.15, 0.2) is 54.9 Å². The van der Waals surface area contributed by atoms with Gasteiger partial charge in [0.15, 0.2) is 0 Å². The van der Waals surface area contributed by atoms with Crippen molar-refractivity contribution in [1.82, 2.24) is 4.57 Å². The number of ether oxygens (including phenoxy) is 1. The van der Waals surface area contributed by atoms with Crippen LogP contribution in [0.25, 0.3) is 10.9 Å². The number of carbonyl (C=O) groups is 1. The first-order valence-electron chi connectivity index (χ1n) is 10.6. The molecule has 0 atom stereocenters. The van der Waals surface area contributed by atoms with Crippen LogP contribution in [0.3, 0.4) is 0 Å². The zero-order valence-electron chi connectivity index (χ0n) is 19.4. The number of alkyl halides is 6. The Kier molecular flexibility index (Phi) is 6.97. The fourth-order valence-electron chi connectivity index (χ4n) is 3.79. The average molecular weight is 498 g/mol. The van der Waals surface area contributed by atoms with Crippen molar-refractivity contribution in [3.8, 4) is 0 Å². The molecule has 0 unspecified atom stereocenters. The van der Waals surface area contributed by atoms with Gasteiger partial charge in [0, 0.05) is 23.7 Å². The maximum atomic E-state index is 13.2. The third kappa shape index (κ3) is 5.98. The number of nitrogens with zero attached hydrogens (tertiary/aromatic N) is 1. The van der Waals surface area contributed by atoms with Crippen molar-refractivity contribution >= 4 is 22.6 Å². The van der Waals surface area contributed by atoms with Gasteiger partial charge in [-0.15, -0.1) is 0 Å². The molecule has 0 bridgehead atoms. The minimum absolute atomic E-state index is 0.00972. The molecule has 0 saturated heterocycles. The van der Waals surface area contributed by atoms with Crippen LogP contribution >= 0.6 is 0 Å². The number of hydrogen-bond donors (Lipinski definition) is 1. The molecule has 10 heteroatoms. The van der Waals surface area contributed by atoms with Crippen LogP contribution in [0.2, 0.25) is 0 Å². The largest absolute Gasteiger partial charge is 0.495 e. The van der Waals surface area contributed by atoms with Gasteiger partial charge in [0.25, 0.3) is 0 Å². The van der Waals surface area contributed by atoms with E-state index in [-0.39, 0.29) is 6.07 Å². The van der Waals surface area contributed by atoms with E-state index in [2.05, 4.69) is 5.32 Å². The quantitative estimate of drug-likeness (QED) is 0.287. The third-order valence-corrected chi connectivity index (χ3v) is 5.31. The van der Waals surface area contributed by atoms with E-state index in [4.69, 9.17) is 4.74 Å². The fourth-order valence-corrected chi connectivity index (χ4v) is 3.79. The van der Waals surface area contributed by atoms with Crippen LogP contribution in [0.4, 0.5) is 36.8 Å². The van der Waals surface area contributed by atoms with Gasteiger partial charge in [-0.25, -0.2) is 4.79 Å². The SMILES string of the molecule is C/C=C\OC(C)(C)Cc1cn(C(=O)Nc2cc(C(F)(F)F)cc(C(F)(F)F)c2)c2c(C)cccc12. The lowest BCUT2D eigenvalue weighted by molar-refractivity contribution is -0.143. The number of hydrogen-bond acceptors (Lipinski definition) is 2. The molecule has 0 aliphatic rings. The Labute approximate surface area is 198 Å². The molecule has 1 N–H and O–H groups in total. The number of aromatic nitrogens is 1. The van der Waals surface area contributed by atoms with Gasteiger partial charge in [0.1, 0.15) is 5.60 Å². The number of para-hydroxylation sites is 1. The van der Waals surface area contributed by atoms with Gasteiger partial charge in [-0.05, 0) is 57.0 Å². The van der Waals surface area contributed by atoms with E-state index in [1.54, 1.807) is 44.4 Å². The summed E-state index contributed by atoms with van der Waals surface area (Å²) in [4.78, 5) is 13.1. The van der Waals surface area contributed by atoms with Crippen molar-refractivity contribution in [2.45, 2.75) is 52.1 Å². The molecule has 3 rings (SSSR count). The second-order valence-electron chi connectivity index (χ2n) is 8.74. The first-order valence-corrected chi connectivity index (χ1v) is 10.6. The Balaban J connectivity index is 2.05. The summed E-state index contributed by atoms with van der Waals surface area (Å²) in [6.07, 6.45) is -4.87. The second kappa shape index (κ2) is 9.31. The lowest BCUT2D eigenvalue weighted by atomic mass is 9.97. The number of anilines is 1. The molecular weight excluding hydrogens is 474 g/mol. The molecular formula is C25H24F6N2O2. The number of benzene rings is 2. The minimum Gasteiger partial charge on any atom is -0.495 e. The predicted molar refractivity (Wildman–Crippen MR) is 121 cm³/mol. The van der Waals surface area contributed by atoms with Gasteiger partial charge < -0.3 is 10.1 Å². The van der Waals surface area contributed by atoms with Crippen LogP contribution in [0.5, 0.6) is 0 Å². The summed E-state index contributed by atoms with van der Waals surface area (Å²) in [5, 5.41) is 2.91. The standard InChI is InChI=1S/C25H24F6N2O2/c1-5-9-35-23(3,4)13-16-14-33(21-15(2)7-6-8-20(16)21)22(34)32-19-11-17(24(26,27)28)10-18(12-19)25(29,30)31/h5-12,14H,13H2,1-4H3,(H,32,34)/b9-5-. The molecule has 188 valence electrons. The number of rotatable bonds is 5. The first kappa shape index (κ1) is 26.2. The molecule has 0 aliphatic heterocycles. The van der Waals surface area contributed by atoms with Crippen molar-refractivity contribution in [2.24, 2.45) is 0 Å². The first-order chi connectivity index (χ1) is 16.1. The average Bonchev–Trinajstić information content (AvgIpc) is 3.10. The Morgan fingerprint density at radius 3 is 2.17 bits per heavy atom. The molecule has 1 heterocycles. The fraction of sp³-hybridized carbons (Fsp3) is 0.320. The highest BCUT2D eigenvalue weighted by Crippen LogP contribution is 2.38. The minimum atomic E-state index is -5.02. The van der Waals surface area contributed by atoms with Crippen molar-refractivity contribution < 1.29 is 35.9 Å². The number of halogens is 6. The Morgan fingerprint density at radius 2 is 1.63 bits per heavy atom. The Morgan fingerprint density at radius 1 is 1.03 bits per heavy atom. The molecule has 1 aromatic heterocycles. The highest BCUT2D eigenvalue weighted by Gasteiger charge is 2.37. The zero-order valence-corrected chi connectivity index (χ0v) is 19.4. The molecule has 35 heavy (non-hydrogen) atoms. The lowest BCUT2D eigenvalue weighted by Gasteiger charge is -2.24. The molecule has 4 nitrogen and oxygen atoms in total. The molecule has 0 spiro atoms. The number of amides is 1. The number of aryl methyl sites for hydroxylation is 1. The van der Waals surface area contributed by atoms with Crippen LogP contribution in [0, 0.1) is 6.92 Å². The maximum absolute atomic E-state index is 13.2. The summed E-state index contributed by atoms with van der Waals surface area (Å²) < 4.78 is 86.1. The van der Waals surface area contributed by atoms with Crippen molar-refractivity contribution in [2.75, 3.05) is 5.32 Å². The van der Waals surface area contributed by atoms with E-state index in [1.165, 1.54) is 10.8 Å². The van der Waals surface area contributed by atoms with E-state index >= 15 is 0 Å². The summed E-state index contributed by atoms with van der Waals surface area (Å²) in [5.74, 6) is 0. The van der Waals surface area contributed by atoms with Crippen LogP contribution in [-0.2, 0) is 23.5 Å². The lowest BCUT2D eigenvalue weighted by Crippen LogP contribution is -2.25. The van der Waals surface area contributed by atoms with Crippen LogP contribution < -0.4 is 5.32 Å². The van der Waals surface area contributed by atoms with Crippen LogP contribution in [-0.4, -0.2) is 16.2 Å². The molecule has 0 radical (unpaired) electrons. The molecule has 2 aromatic carbocycles. The van der Waals surface area contributed by atoms with Gasteiger partial charge in [-0.1, -0.05) is 24.3 Å². The van der Waals surface area contributed by atoms with Gasteiger partial charge >= 0.3 is 18.4 Å².